The Labute approximate surface area is 103 Å². The monoisotopic (exact) mass is 238 g/mol. The highest BCUT2D eigenvalue weighted by molar-refractivity contribution is 4.85. The highest BCUT2D eigenvalue weighted by atomic mass is 16.5. The van der Waals surface area contributed by atoms with Crippen LogP contribution in [-0.4, -0.2) is 46.8 Å². The number of piperidine rings is 1. The molecule has 0 spiro atoms. The van der Waals surface area contributed by atoms with Crippen LogP contribution in [0.2, 0.25) is 0 Å². The summed E-state index contributed by atoms with van der Waals surface area (Å²) < 4.78 is 5.02. The maximum absolute atomic E-state index is 5.02. The van der Waals surface area contributed by atoms with E-state index in [0.717, 1.165) is 31.9 Å². The third-order valence-corrected chi connectivity index (χ3v) is 3.53. The Morgan fingerprint density at radius 2 is 2.47 bits per heavy atom. The van der Waals surface area contributed by atoms with Gasteiger partial charge in [-0.3, -0.25) is 0 Å². The zero-order valence-electron chi connectivity index (χ0n) is 10.7. The summed E-state index contributed by atoms with van der Waals surface area (Å²) in [6.07, 6.45) is 4.80. The molecule has 0 bridgehead atoms. The van der Waals surface area contributed by atoms with Crippen LogP contribution in [0.25, 0.3) is 0 Å². The van der Waals surface area contributed by atoms with Crippen LogP contribution in [0.3, 0.4) is 0 Å². The third kappa shape index (κ3) is 3.51. The molecular formula is C12H22N4O. The molecule has 1 aromatic rings. The molecule has 2 heterocycles. The van der Waals surface area contributed by atoms with Crippen molar-refractivity contribution in [3.05, 3.63) is 12.2 Å². The minimum absolute atomic E-state index is 0.635. The van der Waals surface area contributed by atoms with E-state index in [-0.39, 0.29) is 0 Å². The van der Waals surface area contributed by atoms with Crippen molar-refractivity contribution in [1.82, 2.24) is 20.4 Å². The van der Waals surface area contributed by atoms with Gasteiger partial charge in [0.05, 0.1) is 0 Å². The van der Waals surface area contributed by atoms with Gasteiger partial charge in [-0.1, -0.05) is 12.1 Å². The van der Waals surface area contributed by atoms with Crippen molar-refractivity contribution >= 4 is 0 Å². The fraction of sp³-hybridized carbons (Fsp3) is 0.833. The van der Waals surface area contributed by atoms with Crippen molar-refractivity contribution in [2.45, 2.75) is 45.2 Å². The minimum atomic E-state index is 0.635. The van der Waals surface area contributed by atoms with Crippen LogP contribution < -0.4 is 5.32 Å². The Bertz CT molecular complexity index is 314. The summed E-state index contributed by atoms with van der Waals surface area (Å²) in [4.78, 5) is 6.57. The molecular weight excluding hydrogens is 216 g/mol. The third-order valence-electron chi connectivity index (χ3n) is 3.53. The first-order valence-corrected chi connectivity index (χ1v) is 6.52. The maximum Gasteiger partial charge on any atom is 0.227 e. The van der Waals surface area contributed by atoms with Crippen LogP contribution in [0.5, 0.6) is 0 Å². The molecule has 2 rings (SSSR count). The zero-order chi connectivity index (χ0) is 12.1. The van der Waals surface area contributed by atoms with E-state index in [1.807, 2.05) is 0 Å². The fourth-order valence-corrected chi connectivity index (χ4v) is 2.57. The van der Waals surface area contributed by atoms with Gasteiger partial charge in [0.25, 0.3) is 0 Å². The zero-order valence-corrected chi connectivity index (χ0v) is 10.7. The van der Waals surface area contributed by atoms with E-state index in [4.69, 9.17) is 4.52 Å². The molecule has 1 aromatic heterocycles. The molecule has 1 aliphatic rings. The van der Waals surface area contributed by atoms with E-state index in [1.165, 1.54) is 19.2 Å². The van der Waals surface area contributed by atoms with Crippen molar-refractivity contribution in [1.29, 1.82) is 0 Å². The van der Waals surface area contributed by atoms with E-state index < -0.39 is 0 Å². The average molecular weight is 238 g/mol. The highest BCUT2D eigenvalue weighted by Crippen LogP contribution is 2.17. The van der Waals surface area contributed by atoms with E-state index in [9.17, 15) is 0 Å². The van der Waals surface area contributed by atoms with Crippen molar-refractivity contribution in [2.24, 2.45) is 0 Å². The SMILES string of the molecule is CCNC1CCN(CCc2ncno2)C(C)C1. The van der Waals surface area contributed by atoms with Gasteiger partial charge < -0.3 is 14.7 Å². The first-order chi connectivity index (χ1) is 8.29. The molecule has 1 N–H and O–H groups in total. The lowest BCUT2D eigenvalue weighted by Crippen LogP contribution is -2.47. The molecule has 1 fully saturated rings. The Balaban J connectivity index is 1.75. The molecule has 17 heavy (non-hydrogen) atoms. The van der Waals surface area contributed by atoms with Gasteiger partial charge in [-0.05, 0) is 32.9 Å². The summed E-state index contributed by atoms with van der Waals surface area (Å²) in [7, 11) is 0. The van der Waals surface area contributed by atoms with E-state index in [2.05, 4.69) is 34.2 Å². The molecule has 0 aliphatic carbocycles. The largest absolute Gasteiger partial charge is 0.340 e. The number of aromatic nitrogens is 2. The smallest absolute Gasteiger partial charge is 0.227 e. The van der Waals surface area contributed by atoms with Crippen molar-refractivity contribution in [2.75, 3.05) is 19.6 Å². The first kappa shape index (κ1) is 12.5. The summed E-state index contributed by atoms with van der Waals surface area (Å²) in [5.41, 5.74) is 0. The maximum atomic E-state index is 5.02. The molecule has 96 valence electrons. The van der Waals surface area contributed by atoms with Crippen LogP contribution >= 0.6 is 0 Å². The quantitative estimate of drug-likeness (QED) is 0.831. The molecule has 0 amide bonds. The number of nitrogens with one attached hydrogen (secondary N) is 1. The van der Waals surface area contributed by atoms with Gasteiger partial charge in [0, 0.05) is 25.0 Å². The van der Waals surface area contributed by atoms with Gasteiger partial charge >= 0.3 is 0 Å². The summed E-state index contributed by atoms with van der Waals surface area (Å²) in [6, 6.07) is 1.32. The number of nitrogens with zero attached hydrogens (tertiary/aromatic N) is 3. The predicted molar refractivity (Wildman–Crippen MR) is 65.7 cm³/mol. The molecule has 1 aliphatic heterocycles. The van der Waals surface area contributed by atoms with Crippen LogP contribution in [0.4, 0.5) is 0 Å². The second kappa shape index (κ2) is 6.12. The Morgan fingerprint density at radius 3 is 3.12 bits per heavy atom. The highest BCUT2D eigenvalue weighted by Gasteiger charge is 2.24. The van der Waals surface area contributed by atoms with Crippen molar-refractivity contribution < 1.29 is 4.52 Å². The standard InChI is InChI=1S/C12H22N4O/c1-3-13-11-4-6-16(10(2)8-11)7-5-12-14-9-15-17-12/h9-11,13H,3-8H2,1-2H3. The number of hydrogen-bond donors (Lipinski definition) is 1. The molecule has 5 nitrogen and oxygen atoms in total. The lowest BCUT2D eigenvalue weighted by atomic mass is 9.98. The van der Waals surface area contributed by atoms with Gasteiger partial charge in [-0.2, -0.15) is 4.98 Å². The van der Waals surface area contributed by atoms with Crippen LogP contribution in [-0.2, 0) is 6.42 Å². The van der Waals surface area contributed by atoms with Crippen LogP contribution in [0, 0.1) is 0 Å². The molecule has 2 atom stereocenters. The van der Waals surface area contributed by atoms with Gasteiger partial charge in [-0.25, -0.2) is 0 Å². The molecule has 0 saturated carbocycles. The summed E-state index contributed by atoms with van der Waals surface area (Å²) in [5, 5.41) is 7.16. The van der Waals surface area contributed by atoms with Crippen LogP contribution in [0.15, 0.2) is 10.9 Å². The Kier molecular flexibility index (Phi) is 4.50. The summed E-state index contributed by atoms with van der Waals surface area (Å²) in [6.45, 7) is 7.72. The number of rotatable bonds is 5. The summed E-state index contributed by atoms with van der Waals surface area (Å²) in [5.74, 6) is 0.742. The first-order valence-electron chi connectivity index (χ1n) is 6.52. The molecule has 5 heteroatoms. The molecule has 0 aromatic carbocycles. The number of likely N-dealkylation sites (tertiary alicyclic amines) is 1. The van der Waals surface area contributed by atoms with Gasteiger partial charge in [0.2, 0.25) is 5.89 Å². The summed E-state index contributed by atoms with van der Waals surface area (Å²) >= 11 is 0. The van der Waals surface area contributed by atoms with E-state index in [1.54, 1.807) is 0 Å². The van der Waals surface area contributed by atoms with E-state index in [0.29, 0.717) is 12.1 Å². The molecule has 0 radical (unpaired) electrons. The van der Waals surface area contributed by atoms with Gasteiger partial charge in [0.1, 0.15) is 0 Å². The number of hydrogen-bond acceptors (Lipinski definition) is 5. The molecule has 1 saturated heterocycles. The van der Waals surface area contributed by atoms with Crippen molar-refractivity contribution in [3.8, 4) is 0 Å². The predicted octanol–water partition coefficient (Wildman–Crippen LogP) is 1.07. The second-order valence-electron chi connectivity index (χ2n) is 4.75. The van der Waals surface area contributed by atoms with Crippen molar-refractivity contribution in [3.63, 3.8) is 0 Å². The second-order valence-corrected chi connectivity index (χ2v) is 4.75. The fourth-order valence-electron chi connectivity index (χ4n) is 2.57. The van der Waals surface area contributed by atoms with Gasteiger partial charge in [0.15, 0.2) is 6.33 Å². The lowest BCUT2D eigenvalue weighted by molar-refractivity contribution is 0.135. The van der Waals surface area contributed by atoms with Gasteiger partial charge in [-0.15, -0.1) is 0 Å². The Morgan fingerprint density at radius 1 is 1.59 bits per heavy atom. The minimum Gasteiger partial charge on any atom is -0.340 e. The lowest BCUT2D eigenvalue weighted by Gasteiger charge is -2.37. The average Bonchev–Trinajstić information content (AvgIpc) is 2.81. The van der Waals surface area contributed by atoms with E-state index >= 15 is 0 Å². The topological polar surface area (TPSA) is 54.2 Å². The van der Waals surface area contributed by atoms with Crippen LogP contribution in [0.1, 0.15) is 32.6 Å². The molecule has 2 unspecified atom stereocenters. The normalized spacial score (nSPS) is 26.2. The Hall–Kier alpha value is -0.940.